The molecule has 1 spiro atoms. The molecule has 14 heteroatoms. The molecule has 1 aliphatic carbocycles. The number of hydrogen-bond acceptors (Lipinski definition) is 8. The van der Waals surface area contributed by atoms with Gasteiger partial charge in [-0.3, -0.25) is 14.5 Å². The molecule has 2 saturated heterocycles. The number of nitrogens with one attached hydrogen (secondary N) is 1. The number of hydrogen-bond donors (Lipinski definition) is 2. The number of carbonyl (C=O) groups excluding carboxylic acids is 2. The van der Waals surface area contributed by atoms with Gasteiger partial charge in [0.25, 0.3) is 11.8 Å². The SMILES string of the molecule is CN1CCN(CCCNC(=O)c2ccc(N3C(S)N(c4cnc(C#N)c(C(F)(F)F)c4)C(=O)C34CCC4)cc2F)CC1. The molecule has 0 bridgehead atoms. The number of anilines is 2. The maximum Gasteiger partial charge on any atom is 0.419 e. The number of piperazine rings is 1. The van der Waals surface area contributed by atoms with Crippen molar-refractivity contribution in [2.45, 2.75) is 42.9 Å². The average Bonchev–Trinajstić information content (AvgIpc) is 3.17. The van der Waals surface area contributed by atoms with Crippen molar-refractivity contribution in [1.29, 1.82) is 5.26 Å². The van der Waals surface area contributed by atoms with Gasteiger partial charge in [-0.2, -0.15) is 18.4 Å². The van der Waals surface area contributed by atoms with Crippen molar-refractivity contribution < 1.29 is 27.2 Å². The second-order valence-corrected chi connectivity index (χ2v) is 11.4. The zero-order chi connectivity index (χ0) is 30.2. The summed E-state index contributed by atoms with van der Waals surface area (Å²) < 4.78 is 56.1. The van der Waals surface area contributed by atoms with Gasteiger partial charge < -0.3 is 20.0 Å². The largest absolute Gasteiger partial charge is 0.419 e. The van der Waals surface area contributed by atoms with Crippen molar-refractivity contribution in [1.82, 2.24) is 20.1 Å². The second kappa shape index (κ2) is 11.7. The van der Waals surface area contributed by atoms with Gasteiger partial charge >= 0.3 is 6.18 Å². The fraction of sp³-hybridized carbons (Fsp3) is 0.500. The van der Waals surface area contributed by atoms with Crippen LogP contribution in [0.25, 0.3) is 0 Å². The molecule has 2 aliphatic heterocycles. The van der Waals surface area contributed by atoms with E-state index in [2.05, 4.69) is 39.8 Å². The van der Waals surface area contributed by atoms with Gasteiger partial charge in [-0.05, 0) is 63.5 Å². The molecule has 1 aromatic carbocycles. The highest BCUT2D eigenvalue weighted by Crippen LogP contribution is 2.50. The van der Waals surface area contributed by atoms with E-state index in [0.29, 0.717) is 31.9 Å². The summed E-state index contributed by atoms with van der Waals surface area (Å²) in [6.45, 7) is 5.16. The molecule has 3 aliphatic rings. The summed E-state index contributed by atoms with van der Waals surface area (Å²) in [5, 5.41) is 11.8. The van der Waals surface area contributed by atoms with Crippen LogP contribution < -0.4 is 15.1 Å². The molecular weight excluding hydrogens is 574 g/mol. The molecular formula is C28H31F4N7O2S. The monoisotopic (exact) mass is 605 g/mol. The Labute approximate surface area is 246 Å². The van der Waals surface area contributed by atoms with Gasteiger partial charge in [-0.25, -0.2) is 9.37 Å². The molecule has 1 unspecified atom stereocenters. The number of benzene rings is 1. The van der Waals surface area contributed by atoms with E-state index in [9.17, 15) is 22.8 Å². The van der Waals surface area contributed by atoms with E-state index in [1.54, 1.807) is 4.90 Å². The molecule has 3 fully saturated rings. The smallest absolute Gasteiger partial charge is 0.352 e. The Bertz CT molecular complexity index is 1400. The van der Waals surface area contributed by atoms with Crippen LogP contribution in [0.3, 0.4) is 0 Å². The van der Waals surface area contributed by atoms with Crippen LogP contribution in [0.15, 0.2) is 30.5 Å². The van der Waals surface area contributed by atoms with Gasteiger partial charge in [-0.15, -0.1) is 12.6 Å². The molecule has 3 heterocycles. The molecule has 1 N–H and O–H groups in total. The Kier molecular flexibility index (Phi) is 8.37. The number of aromatic nitrogens is 1. The molecule has 2 amide bonds. The normalized spacial score (nSPS) is 21.0. The zero-order valence-electron chi connectivity index (χ0n) is 23.0. The molecule has 5 rings (SSSR count). The van der Waals surface area contributed by atoms with E-state index in [4.69, 9.17) is 5.26 Å². The molecule has 9 nitrogen and oxygen atoms in total. The lowest BCUT2D eigenvalue weighted by molar-refractivity contribution is -0.138. The first kappa shape index (κ1) is 30.1. The van der Waals surface area contributed by atoms with E-state index in [0.717, 1.165) is 56.3 Å². The number of carbonyl (C=O) groups is 2. The molecule has 1 aromatic heterocycles. The van der Waals surface area contributed by atoms with E-state index in [-0.39, 0.29) is 16.9 Å². The van der Waals surface area contributed by atoms with Gasteiger partial charge in [0.05, 0.1) is 23.0 Å². The van der Waals surface area contributed by atoms with Crippen molar-refractivity contribution in [3.05, 3.63) is 53.1 Å². The molecule has 224 valence electrons. The van der Waals surface area contributed by atoms with E-state index < -0.39 is 46.1 Å². The van der Waals surface area contributed by atoms with Crippen LogP contribution in [-0.2, 0) is 11.0 Å². The highest BCUT2D eigenvalue weighted by atomic mass is 32.1. The summed E-state index contributed by atoms with van der Waals surface area (Å²) in [5.74, 6) is -1.83. The minimum atomic E-state index is -4.86. The van der Waals surface area contributed by atoms with Crippen molar-refractivity contribution in [2.24, 2.45) is 0 Å². The summed E-state index contributed by atoms with van der Waals surface area (Å²) >= 11 is 4.58. The topological polar surface area (TPSA) is 95.8 Å². The second-order valence-electron chi connectivity index (χ2n) is 10.9. The molecule has 1 atom stereocenters. The van der Waals surface area contributed by atoms with Crippen LogP contribution in [0.4, 0.5) is 28.9 Å². The van der Waals surface area contributed by atoms with E-state index in [1.807, 2.05) is 0 Å². The lowest BCUT2D eigenvalue weighted by atomic mass is 9.75. The quantitative estimate of drug-likeness (QED) is 0.284. The highest BCUT2D eigenvalue weighted by molar-refractivity contribution is 7.81. The number of amides is 2. The van der Waals surface area contributed by atoms with E-state index in [1.165, 1.54) is 18.2 Å². The van der Waals surface area contributed by atoms with Crippen molar-refractivity contribution in [2.75, 3.05) is 56.1 Å². The molecule has 2 aromatic rings. The highest BCUT2D eigenvalue weighted by Gasteiger charge is 2.60. The molecule has 1 saturated carbocycles. The Balaban J connectivity index is 1.32. The third-order valence-corrected chi connectivity index (χ3v) is 8.75. The minimum Gasteiger partial charge on any atom is -0.352 e. The summed E-state index contributed by atoms with van der Waals surface area (Å²) in [4.78, 5) is 37.3. The summed E-state index contributed by atoms with van der Waals surface area (Å²) in [6.07, 6.45) is -1.62. The number of pyridine rings is 1. The van der Waals surface area contributed by atoms with Crippen molar-refractivity contribution in [3.63, 3.8) is 0 Å². The first-order valence-electron chi connectivity index (χ1n) is 13.7. The first-order valence-corrected chi connectivity index (χ1v) is 14.2. The van der Waals surface area contributed by atoms with Crippen LogP contribution in [0.5, 0.6) is 0 Å². The Morgan fingerprint density at radius 3 is 2.50 bits per heavy atom. The van der Waals surface area contributed by atoms with Gasteiger partial charge in [0.15, 0.2) is 11.2 Å². The van der Waals surface area contributed by atoms with Crippen LogP contribution in [-0.4, -0.2) is 84.0 Å². The third-order valence-electron chi connectivity index (χ3n) is 8.29. The fourth-order valence-corrected chi connectivity index (χ4v) is 6.36. The standard InChI is InChI=1S/C28H31F4N7O2S/c1-36-10-12-37(13-11-36)9-3-8-34-24(40)20-5-4-18(15-22(20)29)39-26(42)38(25(41)27(39)6-2-7-27)19-14-21(28(30,31)32)23(16-33)35-17-19/h4-5,14-15,17,26,42H,2-3,6-13H2,1H3,(H,34,40). The number of nitriles is 1. The van der Waals surface area contributed by atoms with Crippen molar-refractivity contribution in [3.8, 4) is 6.07 Å². The van der Waals surface area contributed by atoms with Gasteiger partial charge in [0.2, 0.25) is 0 Å². The van der Waals surface area contributed by atoms with Crippen LogP contribution in [0.1, 0.15) is 47.3 Å². The summed E-state index contributed by atoms with van der Waals surface area (Å²) in [5.41, 5.74) is -4.33. The van der Waals surface area contributed by atoms with Gasteiger partial charge in [0, 0.05) is 38.4 Å². The van der Waals surface area contributed by atoms with Crippen molar-refractivity contribution >= 4 is 35.8 Å². The first-order chi connectivity index (χ1) is 20.0. The minimum absolute atomic E-state index is 0.148. The predicted octanol–water partition coefficient (Wildman–Crippen LogP) is 3.47. The van der Waals surface area contributed by atoms with Gasteiger partial charge in [-0.1, -0.05) is 0 Å². The molecule has 42 heavy (non-hydrogen) atoms. The number of halogens is 4. The van der Waals surface area contributed by atoms with E-state index >= 15 is 4.39 Å². The lowest BCUT2D eigenvalue weighted by Gasteiger charge is -2.44. The Hall–Kier alpha value is -3.41. The van der Waals surface area contributed by atoms with Crippen LogP contribution in [0.2, 0.25) is 0 Å². The maximum atomic E-state index is 15.3. The fourth-order valence-electron chi connectivity index (χ4n) is 5.77. The number of thiol groups is 1. The molecule has 0 radical (unpaired) electrons. The maximum absolute atomic E-state index is 15.3. The third kappa shape index (κ3) is 5.52. The average molecular weight is 606 g/mol. The number of nitrogens with zero attached hydrogens (tertiary/aromatic N) is 6. The summed E-state index contributed by atoms with van der Waals surface area (Å²) in [7, 11) is 2.08. The zero-order valence-corrected chi connectivity index (χ0v) is 23.9. The lowest BCUT2D eigenvalue weighted by Crippen LogP contribution is -2.55. The Morgan fingerprint density at radius 2 is 1.90 bits per heavy atom. The number of rotatable bonds is 7. The van der Waals surface area contributed by atoms with Crippen LogP contribution in [0, 0.1) is 17.1 Å². The number of alkyl halides is 3. The van der Waals surface area contributed by atoms with Gasteiger partial charge in [0.1, 0.15) is 17.4 Å². The predicted molar refractivity (Wildman–Crippen MR) is 151 cm³/mol. The van der Waals surface area contributed by atoms with Crippen LogP contribution >= 0.6 is 12.6 Å². The summed E-state index contributed by atoms with van der Waals surface area (Å²) in [6, 6.07) is 6.14. The Morgan fingerprint density at radius 1 is 1.19 bits per heavy atom. The number of likely N-dealkylation sites (N-methyl/N-ethyl adjacent to an activating group) is 1.